The molecule has 2 aliphatic carbocycles. The van der Waals surface area contributed by atoms with Crippen molar-refractivity contribution in [3.63, 3.8) is 0 Å². The van der Waals surface area contributed by atoms with Crippen LogP contribution < -0.4 is 0 Å². The van der Waals surface area contributed by atoms with Gasteiger partial charge in [0, 0.05) is 26.2 Å². The summed E-state index contributed by atoms with van der Waals surface area (Å²) in [6.07, 6.45) is 16.9. The quantitative estimate of drug-likeness (QED) is 0.704. The molecule has 0 amide bonds. The van der Waals surface area contributed by atoms with E-state index in [1.165, 1.54) is 22.4 Å². The monoisotopic (exact) mass is 225 g/mol. The molecule has 0 saturated carbocycles. The summed E-state index contributed by atoms with van der Waals surface area (Å²) >= 11 is 0. The zero-order valence-corrected chi connectivity index (χ0v) is 10.6. The molecule has 2 rings (SSSR count). The van der Waals surface area contributed by atoms with Crippen molar-refractivity contribution in [1.82, 2.24) is 4.90 Å². The van der Waals surface area contributed by atoms with Gasteiger partial charge in [-0.3, -0.25) is 0 Å². The summed E-state index contributed by atoms with van der Waals surface area (Å²) in [6.45, 7) is 4.21. The van der Waals surface area contributed by atoms with Gasteiger partial charge in [0.1, 0.15) is 0 Å². The summed E-state index contributed by atoms with van der Waals surface area (Å²) in [7, 11) is 4.19. The van der Waals surface area contributed by atoms with Gasteiger partial charge >= 0.3 is 0 Å². The van der Waals surface area contributed by atoms with Gasteiger partial charge in [0.15, 0.2) is 0 Å². The maximum Gasteiger partial charge on any atom is 0.0245 e. The number of hydrogen-bond acceptors (Lipinski definition) is 1. The fourth-order valence-corrected chi connectivity index (χ4v) is 2.11. The maximum absolute atomic E-state index is 4.21. The minimum Gasteiger partial charge on any atom is -0.380 e. The van der Waals surface area contributed by atoms with E-state index >= 15 is 0 Å². The van der Waals surface area contributed by atoms with E-state index in [4.69, 9.17) is 0 Å². The largest absolute Gasteiger partial charge is 0.380 e. The molecule has 0 aromatic heterocycles. The Morgan fingerprint density at radius 1 is 1.24 bits per heavy atom. The molecule has 0 unspecified atom stereocenters. The average molecular weight is 225 g/mol. The lowest BCUT2D eigenvalue weighted by molar-refractivity contribution is 0.495. The Morgan fingerprint density at radius 3 is 2.47 bits per heavy atom. The molecule has 0 aromatic carbocycles. The van der Waals surface area contributed by atoms with Crippen LogP contribution >= 0.6 is 0 Å². The molecule has 1 heteroatoms. The highest BCUT2D eigenvalue weighted by Gasteiger charge is 2.11. The molecule has 0 fully saturated rings. The fraction of sp³-hybridized carbons (Fsp3) is 0.250. The molecular formula is C16H19N. The Balaban J connectivity index is 2.14. The third-order valence-corrected chi connectivity index (χ3v) is 3.14. The van der Waals surface area contributed by atoms with Crippen LogP contribution in [0.1, 0.15) is 12.8 Å². The van der Waals surface area contributed by atoms with Crippen molar-refractivity contribution in [3.8, 4) is 0 Å². The smallest absolute Gasteiger partial charge is 0.0245 e. The summed E-state index contributed by atoms with van der Waals surface area (Å²) in [5.41, 5.74) is 5.20. The summed E-state index contributed by atoms with van der Waals surface area (Å²) in [5, 5.41) is 0. The summed E-state index contributed by atoms with van der Waals surface area (Å²) in [6, 6.07) is 0. The Bertz CT molecular complexity index is 454. The lowest BCUT2D eigenvalue weighted by Crippen LogP contribution is -2.13. The topological polar surface area (TPSA) is 3.24 Å². The molecule has 0 heterocycles. The van der Waals surface area contributed by atoms with Crippen LogP contribution in [0.4, 0.5) is 0 Å². The first-order valence-electron chi connectivity index (χ1n) is 5.97. The predicted molar refractivity (Wildman–Crippen MR) is 74.6 cm³/mol. The predicted octanol–water partition coefficient (Wildman–Crippen LogP) is 3.76. The van der Waals surface area contributed by atoms with Crippen molar-refractivity contribution in [3.05, 3.63) is 71.5 Å². The zero-order valence-electron chi connectivity index (χ0n) is 10.6. The van der Waals surface area contributed by atoms with Gasteiger partial charge < -0.3 is 4.90 Å². The molecule has 0 saturated heterocycles. The molecule has 0 spiro atoms. The Morgan fingerprint density at radius 2 is 1.94 bits per heavy atom. The fourth-order valence-electron chi connectivity index (χ4n) is 2.11. The van der Waals surface area contributed by atoms with Crippen LogP contribution in [0.5, 0.6) is 0 Å². The number of hydrogen-bond donors (Lipinski definition) is 0. The molecule has 0 radical (unpaired) electrons. The first kappa shape index (κ1) is 11.7. The minimum absolute atomic E-state index is 0.921. The van der Waals surface area contributed by atoms with Gasteiger partial charge in [-0.1, -0.05) is 49.1 Å². The summed E-state index contributed by atoms with van der Waals surface area (Å²) < 4.78 is 0. The summed E-state index contributed by atoms with van der Waals surface area (Å²) in [5.74, 6) is 0. The van der Waals surface area contributed by atoms with Crippen molar-refractivity contribution in [2.75, 3.05) is 14.1 Å². The van der Waals surface area contributed by atoms with Crippen LogP contribution in [0.2, 0.25) is 0 Å². The van der Waals surface area contributed by atoms with Crippen LogP contribution in [0.15, 0.2) is 71.5 Å². The van der Waals surface area contributed by atoms with E-state index in [2.05, 4.69) is 68.1 Å². The van der Waals surface area contributed by atoms with Gasteiger partial charge in [0.2, 0.25) is 0 Å². The van der Waals surface area contributed by atoms with Crippen LogP contribution in [-0.2, 0) is 0 Å². The second-order valence-electron chi connectivity index (χ2n) is 4.62. The lowest BCUT2D eigenvalue weighted by Gasteiger charge is -2.21. The van der Waals surface area contributed by atoms with Crippen LogP contribution in [0, 0.1) is 0 Å². The number of rotatable bonds is 4. The zero-order chi connectivity index (χ0) is 12.3. The van der Waals surface area contributed by atoms with Crippen LogP contribution in [-0.4, -0.2) is 19.0 Å². The third-order valence-electron chi connectivity index (χ3n) is 3.14. The first-order chi connectivity index (χ1) is 8.18. The lowest BCUT2D eigenvalue weighted by atomic mass is 9.99. The Hall–Kier alpha value is -1.76. The van der Waals surface area contributed by atoms with E-state index in [1.807, 2.05) is 0 Å². The average Bonchev–Trinajstić information content (AvgIpc) is 2.97. The van der Waals surface area contributed by atoms with Gasteiger partial charge in [-0.25, -0.2) is 0 Å². The van der Waals surface area contributed by atoms with E-state index in [9.17, 15) is 0 Å². The second-order valence-corrected chi connectivity index (χ2v) is 4.62. The number of allylic oxidation sites excluding steroid dienone is 10. The van der Waals surface area contributed by atoms with Crippen molar-refractivity contribution < 1.29 is 0 Å². The molecule has 2 aliphatic rings. The van der Waals surface area contributed by atoms with E-state index in [1.54, 1.807) is 0 Å². The standard InChI is InChI=1S/C16H19N/c1-13(14-8-4-5-9-14)12-16(17(2)3)15-10-6-7-11-15/h4-8,10-11H,1,9,12H2,2-3H3. The van der Waals surface area contributed by atoms with Crippen LogP contribution in [0.3, 0.4) is 0 Å². The van der Waals surface area contributed by atoms with E-state index < -0.39 is 0 Å². The third kappa shape index (κ3) is 2.68. The van der Waals surface area contributed by atoms with E-state index in [-0.39, 0.29) is 0 Å². The van der Waals surface area contributed by atoms with Gasteiger partial charge in [-0.05, 0) is 23.1 Å². The van der Waals surface area contributed by atoms with Crippen molar-refractivity contribution in [2.24, 2.45) is 0 Å². The molecule has 1 nitrogen and oxygen atoms in total. The molecule has 88 valence electrons. The Kier molecular flexibility index (Phi) is 3.48. The van der Waals surface area contributed by atoms with E-state index in [0.29, 0.717) is 0 Å². The highest BCUT2D eigenvalue weighted by atomic mass is 15.1. The highest BCUT2D eigenvalue weighted by molar-refractivity contribution is 5.46. The minimum atomic E-state index is 0.921. The van der Waals surface area contributed by atoms with Gasteiger partial charge in [-0.2, -0.15) is 0 Å². The van der Waals surface area contributed by atoms with E-state index in [0.717, 1.165) is 12.8 Å². The van der Waals surface area contributed by atoms with Gasteiger partial charge in [0.05, 0.1) is 0 Å². The molecule has 0 aliphatic heterocycles. The van der Waals surface area contributed by atoms with Crippen molar-refractivity contribution in [1.29, 1.82) is 0 Å². The Labute approximate surface area is 104 Å². The highest BCUT2D eigenvalue weighted by Crippen LogP contribution is 2.27. The van der Waals surface area contributed by atoms with Crippen LogP contribution in [0.25, 0.3) is 0 Å². The first-order valence-corrected chi connectivity index (χ1v) is 5.97. The van der Waals surface area contributed by atoms with Crippen molar-refractivity contribution >= 4 is 0 Å². The molecule has 0 atom stereocenters. The molecule has 0 bridgehead atoms. The summed E-state index contributed by atoms with van der Waals surface area (Å²) in [4.78, 5) is 2.18. The molecule has 17 heavy (non-hydrogen) atoms. The van der Waals surface area contributed by atoms with Gasteiger partial charge in [-0.15, -0.1) is 0 Å². The SMILES string of the molecule is C=C(CC(=C1C=CC=C1)N(C)C)C1=CC=CC1. The van der Waals surface area contributed by atoms with Gasteiger partial charge in [0.25, 0.3) is 0 Å². The number of nitrogens with zero attached hydrogens (tertiary/aromatic N) is 1. The normalized spacial score (nSPS) is 16.6. The van der Waals surface area contributed by atoms with Crippen molar-refractivity contribution in [2.45, 2.75) is 12.8 Å². The molecular weight excluding hydrogens is 206 g/mol. The molecule has 0 N–H and O–H groups in total. The second kappa shape index (κ2) is 5.05. The maximum atomic E-state index is 4.21. The molecule has 0 aromatic rings.